The Labute approximate surface area is 112 Å². The minimum Gasteiger partial charge on any atom is -0.392 e. The van der Waals surface area contributed by atoms with Crippen LogP contribution in [0.25, 0.3) is 0 Å². The average Bonchev–Trinajstić information content (AvgIpc) is 2.48. The van der Waals surface area contributed by atoms with Crippen LogP contribution in [0.5, 0.6) is 0 Å². The zero-order chi connectivity index (χ0) is 13.7. The van der Waals surface area contributed by atoms with Crippen LogP contribution in [-0.2, 0) is 13.0 Å². The van der Waals surface area contributed by atoms with E-state index in [4.69, 9.17) is 5.11 Å². The Bertz CT molecular complexity index is 561. The van der Waals surface area contributed by atoms with E-state index < -0.39 is 0 Å². The molecule has 0 atom stereocenters. The average molecular weight is 255 g/mol. The smallest absolute Gasteiger partial charge is 0.255 e. The van der Waals surface area contributed by atoms with Crippen LogP contribution >= 0.6 is 0 Å². The number of hydrogen-bond donors (Lipinski definition) is 2. The molecule has 0 aliphatic heterocycles. The third kappa shape index (κ3) is 3.20. The first-order valence-electron chi connectivity index (χ1n) is 6.33. The largest absolute Gasteiger partial charge is 0.392 e. The molecule has 1 amide bonds. The van der Waals surface area contributed by atoms with Crippen LogP contribution in [0.4, 0.5) is 5.69 Å². The van der Waals surface area contributed by atoms with E-state index in [1.54, 1.807) is 24.3 Å². The second-order valence-electron chi connectivity index (χ2n) is 4.32. The van der Waals surface area contributed by atoms with Gasteiger partial charge in [-0.1, -0.05) is 37.3 Å². The lowest BCUT2D eigenvalue weighted by atomic mass is 10.0. The van der Waals surface area contributed by atoms with Crippen LogP contribution in [0.2, 0.25) is 0 Å². The molecule has 0 aromatic heterocycles. The first kappa shape index (κ1) is 13.3. The molecule has 0 bridgehead atoms. The van der Waals surface area contributed by atoms with Gasteiger partial charge in [-0.3, -0.25) is 4.79 Å². The highest BCUT2D eigenvalue weighted by molar-refractivity contribution is 6.05. The molecular weight excluding hydrogens is 238 g/mol. The molecule has 2 aromatic carbocycles. The maximum absolute atomic E-state index is 12.2. The normalized spacial score (nSPS) is 10.2. The maximum Gasteiger partial charge on any atom is 0.255 e. The number of benzene rings is 2. The molecule has 19 heavy (non-hydrogen) atoms. The summed E-state index contributed by atoms with van der Waals surface area (Å²) < 4.78 is 0. The van der Waals surface area contributed by atoms with Gasteiger partial charge in [0.1, 0.15) is 0 Å². The minimum absolute atomic E-state index is 0.00684. The molecule has 98 valence electrons. The van der Waals surface area contributed by atoms with E-state index in [9.17, 15) is 4.79 Å². The molecule has 0 aliphatic rings. The molecule has 2 N–H and O–H groups in total. The maximum atomic E-state index is 12.2. The number of anilines is 1. The second-order valence-corrected chi connectivity index (χ2v) is 4.32. The predicted molar refractivity (Wildman–Crippen MR) is 76.1 cm³/mol. The molecule has 0 saturated heterocycles. The summed E-state index contributed by atoms with van der Waals surface area (Å²) in [6, 6.07) is 14.8. The summed E-state index contributed by atoms with van der Waals surface area (Å²) in [5, 5.41) is 11.8. The van der Waals surface area contributed by atoms with Gasteiger partial charge in [-0.25, -0.2) is 0 Å². The number of amides is 1. The number of carbonyl (C=O) groups excluding carboxylic acids is 1. The van der Waals surface area contributed by atoms with Crippen molar-refractivity contribution in [2.75, 3.05) is 5.32 Å². The molecule has 0 spiro atoms. The lowest BCUT2D eigenvalue weighted by molar-refractivity contribution is 0.102. The number of aryl methyl sites for hydroxylation is 1. The van der Waals surface area contributed by atoms with Gasteiger partial charge in [0, 0.05) is 11.3 Å². The predicted octanol–water partition coefficient (Wildman–Crippen LogP) is 2.99. The SMILES string of the molecule is CCc1ccccc1C(=O)Nc1ccc(CO)cc1. The summed E-state index contributed by atoms with van der Waals surface area (Å²) in [6.45, 7) is 2.04. The summed E-state index contributed by atoms with van der Waals surface area (Å²) in [6.07, 6.45) is 0.826. The summed E-state index contributed by atoms with van der Waals surface area (Å²) in [4.78, 5) is 12.2. The van der Waals surface area contributed by atoms with E-state index in [2.05, 4.69) is 5.32 Å². The van der Waals surface area contributed by atoms with Crippen molar-refractivity contribution in [2.45, 2.75) is 20.0 Å². The number of hydrogen-bond acceptors (Lipinski definition) is 2. The van der Waals surface area contributed by atoms with Gasteiger partial charge in [-0.15, -0.1) is 0 Å². The Morgan fingerprint density at radius 1 is 1.11 bits per heavy atom. The van der Waals surface area contributed by atoms with E-state index in [0.29, 0.717) is 5.56 Å². The van der Waals surface area contributed by atoms with Crippen molar-refractivity contribution in [3.63, 3.8) is 0 Å². The molecule has 2 aromatic rings. The molecule has 0 aliphatic carbocycles. The van der Waals surface area contributed by atoms with Gasteiger partial charge in [0.15, 0.2) is 0 Å². The van der Waals surface area contributed by atoms with Crippen molar-refractivity contribution in [1.29, 1.82) is 0 Å². The van der Waals surface area contributed by atoms with Crippen LogP contribution in [-0.4, -0.2) is 11.0 Å². The number of aliphatic hydroxyl groups excluding tert-OH is 1. The summed E-state index contributed by atoms with van der Waals surface area (Å²) in [5.74, 6) is -0.103. The van der Waals surface area contributed by atoms with E-state index in [1.165, 1.54) is 0 Å². The van der Waals surface area contributed by atoms with E-state index in [-0.39, 0.29) is 12.5 Å². The van der Waals surface area contributed by atoms with Gasteiger partial charge < -0.3 is 10.4 Å². The Kier molecular flexibility index (Phi) is 4.31. The quantitative estimate of drug-likeness (QED) is 0.882. The fraction of sp³-hybridized carbons (Fsp3) is 0.188. The van der Waals surface area contributed by atoms with Crippen molar-refractivity contribution in [1.82, 2.24) is 0 Å². The molecule has 0 fully saturated rings. The zero-order valence-electron chi connectivity index (χ0n) is 10.9. The number of carbonyl (C=O) groups is 1. The monoisotopic (exact) mass is 255 g/mol. The van der Waals surface area contributed by atoms with Gasteiger partial charge >= 0.3 is 0 Å². The van der Waals surface area contributed by atoms with Gasteiger partial charge in [0.2, 0.25) is 0 Å². The Hall–Kier alpha value is -2.13. The van der Waals surface area contributed by atoms with Gasteiger partial charge in [-0.2, -0.15) is 0 Å². The van der Waals surface area contributed by atoms with Crippen LogP contribution in [0.3, 0.4) is 0 Å². The molecule has 0 radical (unpaired) electrons. The zero-order valence-corrected chi connectivity index (χ0v) is 10.9. The molecule has 0 saturated carbocycles. The highest BCUT2D eigenvalue weighted by atomic mass is 16.3. The topological polar surface area (TPSA) is 49.3 Å². The Morgan fingerprint density at radius 3 is 2.42 bits per heavy atom. The Morgan fingerprint density at radius 2 is 1.79 bits per heavy atom. The van der Waals surface area contributed by atoms with Crippen molar-refractivity contribution in [2.24, 2.45) is 0 Å². The molecule has 2 rings (SSSR count). The first-order chi connectivity index (χ1) is 9.24. The molecule has 3 heteroatoms. The molecular formula is C16H17NO2. The first-order valence-corrected chi connectivity index (χ1v) is 6.33. The Balaban J connectivity index is 2.16. The van der Waals surface area contributed by atoms with Crippen LogP contribution in [0, 0.1) is 0 Å². The van der Waals surface area contributed by atoms with Crippen molar-refractivity contribution in [3.8, 4) is 0 Å². The lowest BCUT2D eigenvalue weighted by Gasteiger charge is -2.09. The molecule has 0 heterocycles. The van der Waals surface area contributed by atoms with Crippen molar-refractivity contribution < 1.29 is 9.90 Å². The van der Waals surface area contributed by atoms with Crippen LogP contribution in [0.1, 0.15) is 28.4 Å². The van der Waals surface area contributed by atoms with Gasteiger partial charge in [-0.05, 0) is 35.7 Å². The highest BCUT2D eigenvalue weighted by Gasteiger charge is 2.09. The molecule has 0 unspecified atom stereocenters. The fourth-order valence-corrected chi connectivity index (χ4v) is 1.94. The fourth-order valence-electron chi connectivity index (χ4n) is 1.94. The van der Waals surface area contributed by atoms with Gasteiger partial charge in [0.05, 0.1) is 6.61 Å². The van der Waals surface area contributed by atoms with E-state index in [0.717, 1.165) is 23.2 Å². The highest BCUT2D eigenvalue weighted by Crippen LogP contribution is 2.14. The van der Waals surface area contributed by atoms with E-state index in [1.807, 2.05) is 31.2 Å². The third-order valence-corrected chi connectivity index (χ3v) is 3.04. The van der Waals surface area contributed by atoms with Crippen molar-refractivity contribution in [3.05, 3.63) is 65.2 Å². The minimum atomic E-state index is -0.103. The van der Waals surface area contributed by atoms with E-state index >= 15 is 0 Å². The number of rotatable bonds is 4. The van der Waals surface area contributed by atoms with Crippen molar-refractivity contribution >= 4 is 11.6 Å². The summed E-state index contributed by atoms with van der Waals surface area (Å²) in [5.41, 5.74) is 3.29. The van der Waals surface area contributed by atoms with Crippen LogP contribution < -0.4 is 5.32 Å². The summed E-state index contributed by atoms with van der Waals surface area (Å²) in [7, 11) is 0. The number of aliphatic hydroxyl groups is 1. The third-order valence-electron chi connectivity index (χ3n) is 3.04. The number of nitrogens with one attached hydrogen (secondary N) is 1. The second kappa shape index (κ2) is 6.16. The van der Waals surface area contributed by atoms with Crippen LogP contribution in [0.15, 0.2) is 48.5 Å². The lowest BCUT2D eigenvalue weighted by Crippen LogP contribution is -2.14. The molecule has 3 nitrogen and oxygen atoms in total. The summed E-state index contributed by atoms with van der Waals surface area (Å²) >= 11 is 0. The standard InChI is InChI=1S/C16H17NO2/c1-2-13-5-3-4-6-15(13)16(19)17-14-9-7-12(11-18)8-10-14/h3-10,18H,2,11H2,1H3,(H,17,19). The van der Waals surface area contributed by atoms with Gasteiger partial charge in [0.25, 0.3) is 5.91 Å².